The second kappa shape index (κ2) is 4.04. The number of benzene rings is 2. The van der Waals surface area contributed by atoms with E-state index >= 15 is 0 Å². The Labute approximate surface area is 103 Å². The van der Waals surface area contributed by atoms with E-state index in [0.717, 1.165) is 5.56 Å². The number of pyridine rings is 1. The second-order valence-corrected chi connectivity index (χ2v) is 4.09. The molecule has 1 aromatic heterocycles. The fraction of sp³-hybridized carbons (Fsp3) is 0. The van der Waals surface area contributed by atoms with Gasteiger partial charge in [-0.3, -0.25) is 4.79 Å². The third kappa shape index (κ3) is 1.57. The summed E-state index contributed by atoms with van der Waals surface area (Å²) in [6.07, 6.45) is 1.54. The number of fused-ring (bicyclic) bond motifs is 1. The standard InChI is InChI=1S/C15H11NO2/c17-13-8-9-16-14-12(13)7-6-11(15(14)18)10-4-2-1-3-5-10/h1-9,18H,(H,16,17). The summed E-state index contributed by atoms with van der Waals surface area (Å²) < 4.78 is 0. The van der Waals surface area contributed by atoms with Crippen LogP contribution >= 0.6 is 0 Å². The molecule has 0 saturated heterocycles. The molecule has 0 aliphatic rings. The van der Waals surface area contributed by atoms with E-state index in [1.54, 1.807) is 18.3 Å². The van der Waals surface area contributed by atoms with Crippen molar-refractivity contribution in [3.8, 4) is 16.9 Å². The van der Waals surface area contributed by atoms with Crippen LogP contribution in [0.5, 0.6) is 5.75 Å². The Kier molecular flexibility index (Phi) is 2.38. The van der Waals surface area contributed by atoms with Gasteiger partial charge in [-0.25, -0.2) is 0 Å². The van der Waals surface area contributed by atoms with Gasteiger partial charge < -0.3 is 10.1 Å². The first-order chi connectivity index (χ1) is 8.77. The van der Waals surface area contributed by atoms with Crippen LogP contribution in [0.2, 0.25) is 0 Å². The summed E-state index contributed by atoms with van der Waals surface area (Å²) in [5, 5.41) is 10.8. The molecule has 0 amide bonds. The normalized spacial score (nSPS) is 10.7. The number of aromatic hydroxyl groups is 1. The summed E-state index contributed by atoms with van der Waals surface area (Å²) in [4.78, 5) is 14.6. The van der Waals surface area contributed by atoms with Crippen LogP contribution in [-0.2, 0) is 0 Å². The van der Waals surface area contributed by atoms with Gasteiger partial charge in [0.1, 0.15) is 5.75 Å². The number of aromatic nitrogens is 1. The van der Waals surface area contributed by atoms with E-state index in [1.165, 1.54) is 6.07 Å². The molecule has 0 atom stereocenters. The summed E-state index contributed by atoms with van der Waals surface area (Å²) in [7, 11) is 0. The summed E-state index contributed by atoms with van der Waals surface area (Å²) in [6, 6.07) is 14.5. The van der Waals surface area contributed by atoms with Crippen molar-refractivity contribution in [1.29, 1.82) is 0 Å². The van der Waals surface area contributed by atoms with E-state index in [-0.39, 0.29) is 11.2 Å². The fourth-order valence-corrected chi connectivity index (χ4v) is 2.08. The Bertz CT molecular complexity index is 760. The minimum atomic E-state index is -0.0985. The molecule has 0 radical (unpaired) electrons. The molecular formula is C15H11NO2. The summed E-state index contributed by atoms with van der Waals surface area (Å²) in [5.41, 5.74) is 2.01. The summed E-state index contributed by atoms with van der Waals surface area (Å²) >= 11 is 0. The quantitative estimate of drug-likeness (QED) is 0.683. The molecule has 1 heterocycles. The molecule has 88 valence electrons. The van der Waals surface area contributed by atoms with E-state index in [2.05, 4.69) is 4.98 Å². The number of phenols is 1. The van der Waals surface area contributed by atoms with Crippen LogP contribution in [0.3, 0.4) is 0 Å². The van der Waals surface area contributed by atoms with E-state index < -0.39 is 0 Å². The highest BCUT2D eigenvalue weighted by molar-refractivity contribution is 5.91. The van der Waals surface area contributed by atoms with Crippen LogP contribution in [0.4, 0.5) is 0 Å². The lowest BCUT2D eigenvalue weighted by molar-refractivity contribution is 0.482. The maximum absolute atomic E-state index is 11.6. The van der Waals surface area contributed by atoms with E-state index in [1.807, 2.05) is 30.3 Å². The molecular weight excluding hydrogens is 226 g/mol. The summed E-state index contributed by atoms with van der Waals surface area (Å²) in [6.45, 7) is 0. The molecule has 3 heteroatoms. The minimum absolute atomic E-state index is 0.0985. The first-order valence-electron chi connectivity index (χ1n) is 5.66. The topological polar surface area (TPSA) is 53.1 Å². The van der Waals surface area contributed by atoms with Gasteiger partial charge in [0.05, 0.1) is 5.52 Å². The minimum Gasteiger partial charge on any atom is -0.505 e. The third-order valence-corrected chi connectivity index (χ3v) is 2.99. The Morgan fingerprint density at radius 2 is 1.72 bits per heavy atom. The maximum atomic E-state index is 11.6. The molecule has 0 aliphatic carbocycles. The first kappa shape index (κ1) is 10.6. The van der Waals surface area contributed by atoms with Gasteiger partial charge in [0.2, 0.25) is 0 Å². The van der Waals surface area contributed by atoms with Crippen LogP contribution in [0.1, 0.15) is 0 Å². The van der Waals surface area contributed by atoms with Gasteiger partial charge in [0.25, 0.3) is 0 Å². The highest BCUT2D eigenvalue weighted by Crippen LogP contribution is 2.33. The molecule has 3 aromatic rings. The Hall–Kier alpha value is -2.55. The smallest absolute Gasteiger partial charge is 0.189 e. The molecule has 0 unspecified atom stereocenters. The van der Waals surface area contributed by atoms with Crippen molar-refractivity contribution in [3.63, 3.8) is 0 Å². The molecule has 3 nitrogen and oxygen atoms in total. The van der Waals surface area contributed by atoms with Gasteiger partial charge in [-0.05, 0) is 17.7 Å². The van der Waals surface area contributed by atoms with Gasteiger partial charge in [-0.1, -0.05) is 30.3 Å². The SMILES string of the molecule is O=c1cc[nH]c2c(O)c(-c3ccccc3)ccc12. The van der Waals surface area contributed by atoms with Crippen molar-refractivity contribution >= 4 is 10.9 Å². The lowest BCUT2D eigenvalue weighted by Crippen LogP contribution is -2.00. The lowest BCUT2D eigenvalue weighted by atomic mass is 10.0. The molecule has 2 aromatic carbocycles. The highest BCUT2D eigenvalue weighted by Gasteiger charge is 2.09. The van der Waals surface area contributed by atoms with Crippen LogP contribution in [0, 0.1) is 0 Å². The number of hydrogen-bond donors (Lipinski definition) is 2. The van der Waals surface area contributed by atoms with Gasteiger partial charge in [0, 0.05) is 23.2 Å². The number of aromatic amines is 1. The zero-order valence-electron chi connectivity index (χ0n) is 9.55. The largest absolute Gasteiger partial charge is 0.505 e. The number of phenolic OH excluding ortho intramolecular Hbond substituents is 1. The molecule has 18 heavy (non-hydrogen) atoms. The average molecular weight is 237 g/mol. The number of rotatable bonds is 1. The maximum Gasteiger partial charge on any atom is 0.189 e. The van der Waals surface area contributed by atoms with Crippen LogP contribution in [0.15, 0.2) is 59.5 Å². The van der Waals surface area contributed by atoms with Gasteiger partial charge >= 0.3 is 0 Å². The van der Waals surface area contributed by atoms with E-state index in [0.29, 0.717) is 16.5 Å². The second-order valence-electron chi connectivity index (χ2n) is 4.09. The Morgan fingerprint density at radius 3 is 2.50 bits per heavy atom. The van der Waals surface area contributed by atoms with Crippen molar-refractivity contribution in [2.45, 2.75) is 0 Å². The zero-order chi connectivity index (χ0) is 12.5. The molecule has 0 saturated carbocycles. The summed E-state index contributed by atoms with van der Waals surface area (Å²) in [5.74, 6) is 0.108. The van der Waals surface area contributed by atoms with Crippen LogP contribution < -0.4 is 5.43 Å². The van der Waals surface area contributed by atoms with Gasteiger partial charge in [-0.15, -0.1) is 0 Å². The van der Waals surface area contributed by atoms with Gasteiger partial charge in [-0.2, -0.15) is 0 Å². The number of H-pyrrole nitrogens is 1. The fourth-order valence-electron chi connectivity index (χ4n) is 2.08. The van der Waals surface area contributed by atoms with Crippen molar-refractivity contribution in [2.24, 2.45) is 0 Å². The molecule has 2 N–H and O–H groups in total. The van der Waals surface area contributed by atoms with Crippen molar-refractivity contribution in [2.75, 3.05) is 0 Å². The number of nitrogens with one attached hydrogen (secondary N) is 1. The molecule has 0 spiro atoms. The Balaban J connectivity index is 2.34. The van der Waals surface area contributed by atoms with E-state index in [9.17, 15) is 9.90 Å². The van der Waals surface area contributed by atoms with Crippen molar-refractivity contribution < 1.29 is 5.11 Å². The molecule has 0 fully saturated rings. The molecule has 0 bridgehead atoms. The Morgan fingerprint density at radius 1 is 0.944 bits per heavy atom. The highest BCUT2D eigenvalue weighted by atomic mass is 16.3. The van der Waals surface area contributed by atoms with Gasteiger partial charge in [0.15, 0.2) is 5.43 Å². The predicted molar refractivity (Wildman–Crippen MR) is 71.7 cm³/mol. The molecule has 3 rings (SSSR count). The number of hydrogen-bond acceptors (Lipinski definition) is 2. The third-order valence-electron chi connectivity index (χ3n) is 2.99. The predicted octanol–water partition coefficient (Wildman–Crippen LogP) is 2.90. The zero-order valence-corrected chi connectivity index (χ0v) is 9.55. The lowest BCUT2D eigenvalue weighted by Gasteiger charge is -2.07. The van der Waals surface area contributed by atoms with Crippen LogP contribution in [-0.4, -0.2) is 10.1 Å². The monoisotopic (exact) mass is 237 g/mol. The van der Waals surface area contributed by atoms with Crippen LogP contribution in [0.25, 0.3) is 22.0 Å². The first-order valence-corrected chi connectivity index (χ1v) is 5.66. The van der Waals surface area contributed by atoms with Crippen molar-refractivity contribution in [3.05, 3.63) is 65.0 Å². The average Bonchev–Trinajstić information content (AvgIpc) is 2.41. The molecule has 0 aliphatic heterocycles. The van der Waals surface area contributed by atoms with Crippen molar-refractivity contribution in [1.82, 2.24) is 4.98 Å². The van der Waals surface area contributed by atoms with E-state index in [4.69, 9.17) is 0 Å².